The second-order valence-corrected chi connectivity index (χ2v) is 4.52. The third-order valence-electron chi connectivity index (χ3n) is 2.69. The van der Waals surface area contributed by atoms with Gasteiger partial charge in [-0.25, -0.2) is 0 Å². The molecule has 0 bridgehead atoms. The van der Waals surface area contributed by atoms with Crippen molar-refractivity contribution in [1.29, 1.82) is 0 Å². The lowest BCUT2D eigenvalue weighted by atomic mass is 9.95. The van der Waals surface area contributed by atoms with E-state index < -0.39 is 4.92 Å². The van der Waals surface area contributed by atoms with Crippen LogP contribution in [0.15, 0.2) is 18.2 Å². The average Bonchev–Trinajstić information content (AvgIpc) is 2.27. The zero-order valence-corrected chi connectivity index (χ0v) is 10.0. The van der Waals surface area contributed by atoms with Crippen LogP contribution in [0.1, 0.15) is 12.8 Å². The first kappa shape index (κ1) is 12.0. The molecule has 0 heterocycles. The summed E-state index contributed by atoms with van der Waals surface area (Å²) < 4.78 is 10.5. The highest BCUT2D eigenvalue weighted by atomic mass is 35.5. The Hall–Kier alpha value is -1.49. The molecular formula is C11H12ClNO4. The van der Waals surface area contributed by atoms with Gasteiger partial charge in [-0.3, -0.25) is 10.1 Å². The molecule has 5 nitrogen and oxygen atoms in total. The van der Waals surface area contributed by atoms with Crippen molar-refractivity contribution >= 4 is 17.3 Å². The Morgan fingerprint density at radius 2 is 2.18 bits per heavy atom. The number of hydrogen-bond donors (Lipinski definition) is 0. The van der Waals surface area contributed by atoms with E-state index in [1.807, 2.05) is 0 Å². The van der Waals surface area contributed by atoms with Gasteiger partial charge in [-0.05, 0) is 12.1 Å². The average molecular weight is 258 g/mol. The molecule has 2 rings (SSSR count). The number of nitro groups is 1. The lowest BCUT2D eigenvalue weighted by Crippen LogP contribution is -2.34. The molecule has 0 saturated heterocycles. The molecule has 1 fully saturated rings. The van der Waals surface area contributed by atoms with Crippen LogP contribution in [0.4, 0.5) is 5.69 Å². The van der Waals surface area contributed by atoms with Crippen molar-refractivity contribution in [2.45, 2.75) is 24.3 Å². The van der Waals surface area contributed by atoms with Gasteiger partial charge in [-0.2, -0.15) is 0 Å². The van der Waals surface area contributed by atoms with E-state index in [1.54, 1.807) is 12.1 Å². The minimum absolute atomic E-state index is 0.0235. The van der Waals surface area contributed by atoms with Crippen LogP contribution in [0.5, 0.6) is 11.5 Å². The van der Waals surface area contributed by atoms with Crippen LogP contribution in [0, 0.1) is 10.1 Å². The van der Waals surface area contributed by atoms with Gasteiger partial charge in [0, 0.05) is 18.2 Å². The van der Waals surface area contributed by atoms with E-state index in [0.29, 0.717) is 5.75 Å². The zero-order chi connectivity index (χ0) is 12.4. The molecule has 0 aliphatic heterocycles. The molecule has 0 unspecified atom stereocenters. The van der Waals surface area contributed by atoms with Gasteiger partial charge in [-0.1, -0.05) is 0 Å². The van der Waals surface area contributed by atoms with Gasteiger partial charge < -0.3 is 9.47 Å². The molecule has 92 valence electrons. The maximum Gasteiger partial charge on any atom is 0.314 e. The smallest absolute Gasteiger partial charge is 0.314 e. The lowest BCUT2D eigenvalue weighted by molar-refractivity contribution is -0.386. The maximum absolute atomic E-state index is 10.9. The van der Waals surface area contributed by atoms with Crippen molar-refractivity contribution in [2.75, 3.05) is 7.11 Å². The first-order valence-electron chi connectivity index (χ1n) is 5.23. The number of rotatable bonds is 4. The molecule has 17 heavy (non-hydrogen) atoms. The highest BCUT2D eigenvalue weighted by Crippen LogP contribution is 2.36. The topological polar surface area (TPSA) is 61.6 Å². The third kappa shape index (κ3) is 2.61. The highest BCUT2D eigenvalue weighted by Gasteiger charge is 2.31. The Bertz CT molecular complexity index is 431. The SMILES string of the molecule is COc1ccc(OC2CC(Cl)C2)c([N+](=O)[O-])c1. The normalized spacial score (nSPS) is 22.7. The molecule has 1 aromatic rings. The van der Waals surface area contributed by atoms with Crippen LogP contribution in [0.25, 0.3) is 0 Å². The first-order valence-corrected chi connectivity index (χ1v) is 5.67. The number of hydrogen-bond acceptors (Lipinski definition) is 4. The number of alkyl halides is 1. The van der Waals surface area contributed by atoms with Crippen molar-refractivity contribution in [3.8, 4) is 11.5 Å². The second-order valence-electron chi connectivity index (χ2n) is 3.90. The molecule has 6 heteroatoms. The van der Waals surface area contributed by atoms with Gasteiger partial charge in [0.15, 0.2) is 5.75 Å². The van der Waals surface area contributed by atoms with E-state index in [-0.39, 0.29) is 22.9 Å². The molecule has 0 radical (unpaired) electrons. The molecule has 0 spiro atoms. The van der Waals surface area contributed by atoms with E-state index >= 15 is 0 Å². The third-order valence-corrected chi connectivity index (χ3v) is 3.05. The van der Waals surface area contributed by atoms with Crippen molar-refractivity contribution in [1.82, 2.24) is 0 Å². The molecule has 0 atom stereocenters. The van der Waals surface area contributed by atoms with E-state index in [0.717, 1.165) is 12.8 Å². The van der Waals surface area contributed by atoms with Crippen LogP contribution >= 0.6 is 11.6 Å². The molecule has 0 N–H and O–H groups in total. The standard InChI is InChI=1S/C11H12ClNO4/c1-16-8-2-3-11(10(6-8)13(14)15)17-9-4-7(12)5-9/h2-3,6-7,9H,4-5H2,1H3. The van der Waals surface area contributed by atoms with Crippen molar-refractivity contribution in [3.05, 3.63) is 28.3 Å². The van der Waals surface area contributed by atoms with Crippen LogP contribution < -0.4 is 9.47 Å². The van der Waals surface area contributed by atoms with E-state index in [2.05, 4.69) is 0 Å². The second kappa shape index (κ2) is 4.79. The van der Waals surface area contributed by atoms with Gasteiger partial charge in [0.25, 0.3) is 0 Å². The Balaban J connectivity index is 2.17. The predicted molar refractivity (Wildman–Crippen MR) is 62.9 cm³/mol. The number of methoxy groups -OCH3 is 1. The molecular weight excluding hydrogens is 246 g/mol. The summed E-state index contributed by atoms with van der Waals surface area (Å²) >= 11 is 5.83. The van der Waals surface area contributed by atoms with Gasteiger partial charge >= 0.3 is 5.69 Å². The number of nitrogens with zero attached hydrogens (tertiary/aromatic N) is 1. The molecule has 1 aliphatic rings. The molecule has 1 saturated carbocycles. The summed E-state index contributed by atoms with van der Waals surface area (Å²) in [5.74, 6) is 0.706. The van der Waals surface area contributed by atoms with E-state index in [4.69, 9.17) is 21.1 Å². The van der Waals surface area contributed by atoms with E-state index in [1.165, 1.54) is 13.2 Å². The Kier molecular flexibility index (Phi) is 3.38. The number of ether oxygens (including phenoxy) is 2. The Morgan fingerprint density at radius 3 is 2.71 bits per heavy atom. The van der Waals surface area contributed by atoms with E-state index in [9.17, 15) is 10.1 Å². The lowest BCUT2D eigenvalue weighted by Gasteiger charge is -2.30. The van der Waals surface area contributed by atoms with Crippen molar-refractivity contribution < 1.29 is 14.4 Å². The van der Waals surface area contributed by atoms with Crippen LogP contribution in [0.2, 0.25) is 0 Å². The van der Waals surface area contributed by atoms with Gasteiger partial charge in [0.05, 0.1) is 18.1 Å². The Labute approximate surface area is 103 Å². The largest absolute Gasteiger partial charge is 0.496 e. The number of halogens is 1. The highest BCUT2D eigenvalue weighted by molar-refractivity contribution is 6.21. The van der Waals surface area contributed by atoms with Crippen molar-refractivity contribution in [3.63, 3.8) is 0 Å². The Morgan fingerprint density at radius 1 is 1.47 bits per heavy atom. The molecule has 0 aromatic heterocycles. The minimum Gasteiger partial charge on any atom is -0.496 e. The number of nitro benzene ring substituents is 1. The fourth-order valence-corrected chi connectivity index (χ4v) is 2.04. The molecule has 0 amide bonds. The van der Waals surface area contributed by atoms with Crippen molar-refractivity contribution in [2.24, 2.45) is 0 Å². The molecule has 1 aromatic carbocycles. The summed E-state index contributed by atoms with van der Waals surface area (Å²) in [6.45, 7) is 0. The maximum atomic E-state index is 10.9. The van der Waals surface area contributed by atoms with Gasteiger partial charge in [0.1, 0.15) is 11.9 Å². The quantitative estimate of drug-likeness (QED) is 0.473. The summed E-state index contributed by atoms with van der Waals surface area (Å²) in [4.78, 5) is 10.4. The fourth-order valence-electron chi connectivity index (χ4n) is 1.64. The van der Waals surface area contributed by atoms with Gasteiger partial charge in [0.2, 0.25) is 0 Å². The fraction of sp³-hybridized carbons (Fsp3) is 0.455. The van der Waals surface area contributed by atoms with Crippen LogP contribution in [0.3, 0.4) is 0 Å². The summed E-state index contributed by atoms with van der Waals surface area (Å²) in [5.41, 5.74) is -0.0811. The van der Waals surface area contributed by atoms with Crippen LogP contribution in [-0.2, 0) is 0 Å². The summed E-state index contributed by atoms with van der Waals surface area (Å²) in [5, 5.41) is 11.0. The summed E-state index contributed by atoms with van der Waals surface area (Å²) in [6, 6.07) is 4.55. The monoisotopic (exact) mass is 257 g/mol. The molecule has 1 aliphatic carbocycles. The first-order chi connectivity index (χ1) is 8.10. The van der Waals surface area contributed by atoms with Gasteiger partial charge in [-0.15, -0.1) is 11.6 Å². The number of benzene rings is 1. The summed E-state index contributed by atoms with van der Waals surface area (Å²) in [7, 11) is 1.46. The minimum atomic E-state index is -0.477. The summed E-state index contributed by atoms with van der Waals surface area (Å²) in [6.07, 6.45) is 1.43. The van der Waals surface area contributed by atoms with Crippen LogP contribution in [-0.4, -0.2) is 23.5 Å². The predicted octanol–water partition coefficient (Wildman–Crippen LogP) is 2.75. The zero-order valence-electron chi connectivity index (χ0n) is 9.26.